The van der Waals surface area contributed by atoms with Crippen LogP contribution in [0.3, 0.4) is 0 Å². The van der Waals surface area contributed by atoms with Crippen LogP contribution in [0.25, 0.3) is 0 Å². The van der Waals surface area contributed by atoms with Gasteiger partial charge in [0.15, 0.2) is 0 Å². The Kier molecular flexibility index (Phi) is 3.19. The molecule has 0 aliphatic carbocycles. The fourth-order valence-electron chi connectivity index (χ4n) is 2.16. The summed E-state index contributed by atoms with van der Waals surface area (Å²) in [5.41, 5.74) is 0.834. The fourth-order valence-corrected chi connectivity index (χ4v) is 2.16. The first-order valence-corrected chi connectivity index (χ1v) is 5.44. The largest absolute Gasteiger partial charge is 0.507 e. The average molecular weight is 223 g/mol. The predicted octanol–water partition coefficient (Wildman–Crippen LogP) is 1.83. The minimum atomic E-state index is 0.181. The van der Waals surface area contributed by atoms with Crippen molar-refractivity contribution in [1.82, 2.24) is 5.32 Å². The molecule has 0 saturated carbocycles. The molecule has 1 fully saturated rings. The van der Waals surface area contributed by atoms with Gasteiger partial charge >= 0.3 is 0 Å². The van der Waals surface area contributed by atoms with Crippen LogP contribution in [0.4, 0.5) is 0 Å². The number of hydrogen-bond acceptors (Lipinski definition) is 4. The number of hydrogen-bond donors (Lipinski definition) is 2. The quantitative estimate of drug-likeness (QED) is 0.821. The average Bonchev–Trinajstić information content (AvgIpc) is 2.81. The van der Waals surface area contributed by atoms with Crippen LogP contribution in [0.2, 0.25) is 0 Å². The lowest BCUT2D eigenvalue weighted by atomic mass is 10.0. The molecule has 1 aromatic carbocycles. The first-order valence-electron chi connectivity index (χ1n) is 5.44. The number of phenols is 1. The Morgan fingerprint density at radius 2 is 2.12 bits per heavy atom. The van der Waals surface area contributed by atoms with Gasteiger partial charge in [-0.15, -0.1) is 0 Å². The van der Waals surface area contributed by atoms with Crippen LogP contribution in [0, 0.1) is 0 Å². The Labute approximate surface area is 95.2 Å². The first kappa shape index (κ1) is 11.1. The van der Waals surface area contributed by atoms with E-state index in [9.17, 15) is 5.11 Å². The van der Waals surface area contributed by atoms with Crippen molar-refractivity contribution in [3.8, 4) is 17.2 Å². The van der Waals surface area contributed by atoms with Gasteiger partial charge < -0.3 is 19.9 Å². The minimum Gasteiger partial charge on any atom is -0.507 e. The predicted molar refractivity (Wildman–Crippen MR) is 61.2 cm³/mol. The zero-order valence-electron chi connectivity index (χ0n) is 9.62. The molecule has 16 heavy (non-hydrogen) atoms. The van der Waals surface area contributed by atoms with Crippen LogP contribution < -0.4 is 14.8 Å². The molecule has 2 N–H and O–H groups in total. The summed E-state index contributed by atoms with van der Waals surface area (Å²) in [6.07, 6.45) is 2.15. The molecule has 0 spiro atoms. The molecule has 0 amide bonds. The van der Waals surface area contributed by atoms with Gasteiger partial charge in [-0.05, 0) is 19.4 Å². The SMILES string of the molecule is COc1cc(O)c([C@@H]2CCCN2)c(OC)c1. The third-order valence-electron chi connectivity index (χ3n) is 2.96. The topological polar surface area (TPSA) is 50.7 Å². The normalized spacial score (nSPS) is 19.8. The van der Waals surface area contributed by atoms with Gasteiger partial charge in [0.05, 0.1) is 19.8 Å². The summed E-state index contributed by atoms with van der Waals surface area (Å²) in [6, 6.07) is 3.60. The standard InChI is InChI=1S/C12H17NO3/c1-15-8-6-10(14)12(11(7-8)16-2)9-4-3-5-13-9/h6-7,9,13-14H,3-5H2,1-2H3/t9-/m0/s1. The molecule has 1 atom stereocenters. The number of ether oxygens (including phenoxy) is 2. The van der Waals surface area contributed by atoms with Crippen LogP contribution in [-0.4, -0.2) is 25.9 Å². The molecule has 1 aromatic rings. The number of nitrogens with one attached hydrogen (secondary N) is 1. The third kappa shape index (κ3) is 1.93. The molecule has 0 aromatic heterocycles. The smallest absolute Gasteiger partial charge is 0.131 e. The maximum Gasteiger partial charge on any atom is 0.131 e. The Morgan fingerprint density at radius 3 is 2.69 bits per heavy atom. The van der Waals surface area contributed by atoms with Crippen molar-refractivity contribution in [2.75, 3.05) is 20.8 Å². The molecule has 0 unspecified atom stereocenters. The van der Waals surface area contributed by atoms with Crippen LogP contribution >= 0.6 is 0 Å². The van der Waals surface area contributed by atoms with E-state index in [1.807, 2.05) is 0 Å². The highest BCUT2D eigenvalue weighted by Crippen LogP contribution is 2.40. The first-order chi connectivity index (χ1) is 7.76. The van der Waals surface area contributed by atoms with Crippen molar-refractivity contribution in [1.29, 1.82) is 0 Å². The van der Waals surface area contributed by atoms with E-state index in [4.69, 9.17) is 9.47 Å². The zero-order valence-corrected chi connectivity index (χ0v) is 9.62. The second-order valence-corrected chi connectivity index (χ2v) is 3.91. The van der Waals surface area contributed by atoms with Crippen LogP contribution in [0.1, 0.15) is 24.4 Å². The summed E-state index contributed by atoms with van der Waals surface area (Å²) >= 11 is 0. The Morgan fingerprint density at radius 1 is 1.31 bits per heavy atom. The van der Waals surface area contributed by atoms with Crippen molar-refractivity contribution in [2.24, 2.45) is 0 Å². The maximum absolute atomic E-state index is 9.99. The number of rotatable bonds is 3. The van der Waals surface area contributed by atoms with E-state index < -0.39 is 0 Å². The van der Waals surface area contributed by atoms with Gasteiger partial charge in [-0.3, -0.25) is 0 Å². The molecule has 0 bridgehead atoms. The zero-order chi connectivity index (χ0) is 11.5. The van der Waals surface area contributed by atoms with E-state index in [0.717, 1.165) is 24.9 Å². The van der Waals surface area contributed by atoms with Gasteiger partial charge in [-0.2, -0.15) is 0 Å². The molecule has 1 aliphatic heterocycles. The summed E-state index contributed by atoms with van der Waals surface area (Å²) in [7, 11) is 3.17. The molecule has 0 radical (unpaired) electrons. The van der Waals surface area contributed by atoms with Gasteiger partial charge in [0.25, 0.3) is 0 Å². The van der Waals surface area contributed by atoms with E-state index in [-0.39, 0.29) is 11.8 Å². The highest BCUT2D eigenvalue weighted by Gasteiger charge is 2.24. The van der Waals surface area contributed by atoms with E-state index in [1.54, 1.807) is 26.4 Å². The Balaban J connectivity index is 2.41. The van der Waals surface area contributed by atoms with Crippen LogP contribution in [0.15, 0.2) is 12.1 Å². The van der Waals surface area contributed by atoms with Gasteiger partial charge in [0.2, 0.25) is 0 Å². The molecule has 4 nitrogen and oxygen atoms in total. The molecule has 2 rings (SSSR count). The monoisotopic (exact) mass is 223 g/mol. The second-order valence-electron chi connectivity index (χ2n) is 3.91. The van der Waals surface area contributed by atoms with E-state index in [0.29, 0.717) is 11.5 Å². The second kappa shape index (κ2) is 4.61. The lowest BCUT2D eigenvalue weighted by Crippen LogP contribution is -2.14. The third-order valence-corrected chi connectivity index (χ3v) is 2.96. The molecule has 1 saturated heterocycles. The number of phenolic OH excluding ortho intramolecular Hbond substituents is 1. The lowest BCUT2D eigenvalue weighted by Gasteiger charge is -2.17. The van der Waals surface area contributed by atoms with Gasteiger partial charge in [0.1, 0.15) is 17.2 Å². The highest BCUT2D eigenvalue weighted by atomic mass is 16.5. The maximum atomic E-state index is 9.99. The Hall–Kier alpha value is -1.42. The summed E-state index contributed by atoms with van der Waals surface area (Å²) in [6.45, 7) is 0.985. The van der Waals surface area contributed by atoms with Crippen molar-refractivity contribution >= 4 is 0 Å². The molecular formula is C12H17NO3. The lowest BCUT2D eigenvalue weighted by molar-refractivity contribution is 0.372. The highest BCUT2D eigenvalue weighted by molar-refractivity contribution is 5.51. The molecule has 1 aliphatic rings. The van der Waals surface area contributed by atoms with E-state index in [2.05, 4.69) is 5.32 Å². The number of benzene rings is 1. The van der Waals surface area contributed by atoms with Gasteiger partial charge in [-0.25, -0.2) is 0 Å². The summed E-state index contributed by atoms with van der Waals surface area (Å²) in [5.74, 6) is 1.52. The van der Waals surface area contributed by atoms with Gasteiger partial charge in [-0.1, -0.05) is 0 Å². The van der Waals surface area contributed by atoms with Crippen molar-refractivity contribution in [3.05, 3.63) is 17.7 Å². The van der Waals surface area contributed by atoms with Crippen LogP contribution in [0.5, 0.6) is 17.2 Å². The number of aromatic hydroxyl groups is 1. The van der Waals surface area contributed by atoms with E-state index >= 15 is 0 Å². The summed E-state index contributed by atoms with van der Waals surface area (Å²) < 4.78 is 10.4. The van der Waals surface area contributed by atoms with Crippen LogP contribution in [-0.2, 0) is 0 Å². The Bertz CT molecular complexity index is 373. The fraction of sp³-hybridized carbons (Fsp3) is 0.500. The summed E-state index contributed by atoms with van der Waals surface area (Å²) in [5, 5.41) is 13.3. The minimum absolute atomic E-state index is 0.181. The summed E-state index contributed by atoms with van der Waals surface area (Å²) in [4.78, 5) is 0. The van der Waals surface area contributed by atoms with Crippen molar-refractivity contribution < 1.29 is 14.6 Å². The van der Waals surface area contributed by atoms with Crippen molar-refractivity contribution in [2.45, 2.75) is 18.9 Å². The molecule has 1 heterocycles. The van der Waals surface area contributed by atoms with Gasteiger partial charge in [0, 0.05) is 18.2 Å². The van der Waals surface area contributed by atoms with Crippen molar-refractivity contribution in [3.63, 3.8) is 0 Å². The van der Waals surface area contributed by atoms with E-state index in [1.165, 1.54) is 0 Å². The molecular weight excluding hydrogens is 206 g/mol. The molecule has 4 heteroatoms. The number of methoxy groups -OCH3 is 2. The molecule has 88 valence electrons.